The van der Waals surface area contributed by atoms with Gasteiger partial charge >= 0.3 is 0 Å². The van der Waals surface area contributed by atoms with Crippen molar-refractivity contribution >= 4 is 11.6 Å². The first-order valence-electron chi connectivity index (χ1n) is 12.6. The maximum atomic E-state index is 6.26. The molecule has 0 bridgehead atoms. The largest absolute Gasteiger partial charge is 0.290 e. The van der Waals surface area contributed by atoms with E-state index in [9.17, 15) is 0 Å². The van der Waals surface area contributed by atoms with E-state index in [0.29, 0.717) is 0 Å². The van der Waals surface area contributed by atoms with Crippen molar-refractivity contribution in [1.29, 1.82) is 0 Å². The van der Waals surface area contributed by atoms with Gasteiger partial charge in [-0.15, -0.1) is 0 Å². The zero-order valence-corrected chi connectivity index (χ0v) is 22.0. The van der Waals surface area contributed by atoms with Crippen LogP contribution < -0.4 is 0 Å². The predicted octanol–water partition coefficient (Wildman–Crippen LogP) is 8.62. The second-order valence-corrected chi connectivity index (χ2v) is 9.97. The molecule has 3 rings (SSSR count). The molecule has 0 radical (unpaired) electrons. The van der Waals surface area contributed by atoms with Gasteiger partial charge in [-0.2, -0.15) is 0 Å². The van der Waals surface area contributed by atoms with Crippen LogP contribution in [0.15, 0.2) is 72.8 Å². The molecule has 178 valence electrons. The van der Waals surface area contributed by atoms with Crippen LogP contribution in [0.2, 0.25) is 5.02 Å². The Balaban J connectivity index is 1.61. The molecule has 0 spiro atoms. The van der Waals surface area contributed by atoms with Crippen LogP contribution in [0.1, 0.15) is 81.2 Å². The Hall–Kier alpha value is -2.53. The summed E-state index contributed by atoms with van der Waals surface area (Å²) >= 11 is 6.26. The van der Waals surface area contributed by atoms with E-state index in [4.69, 9.17) is 11.6 Å². The highest BCUT2D eigenvalue weighted by molar-refractivity contribution is 6.30. The molecule has 0 N–H and O–H groups in total. The normalized spacial score (nSPS) is 11.4. The van der Waals surface area contributed by atoms with E-state index < -0.39 is 0 Å². The van der Waals surface area contributed by atoms with Gasteiger partial charge in [0.2, 0.25) is 0 Å². The molecule has 0 aliphatic heterocycles. The minimum Gasteiger partial charge on any atom is -0.290 e. The number of rotatable bonds is 10. The van der Waals surface area contributed by atoms with Crippen LogP contribution in [0, 0.1) is 11.8 Å². The van der Waals surface area contributed by atoms with Crippen LogP contribution >= 0.6 is 11.6 Å². The molecule has 0 aliphatic carbocycles. The molecular formula is C32H38ClN. The molecule has 3 aromatic carbocycles. The third kappa shape index (κ3) is 7.49. The second-order valence-electron chi connectivity index (χ2n) is 9.54. The van der Waals surface area contributed by atoms with Gasteiger partial charge < -0.3 is 0 Å². The first-order valence-corrected chi connectivity index (χ1v) is 13.0. The van der Waals surface area contributed by atoms with Gasteiger partial charge in [-0.3, -0.25) is 4.90 Å². The molecule has 0 saturated carbocycles. The summed E-state index contributed by atoms with van der Waals surface area (Å²) in [5.74, 6) is 6.63. The Morgan fingerprint density at radius 3 is 1.94 bits per heavy atom. The second kappa shape index (κ2) is 12.8. The first-order chi connectivity index (χ1) is 16.4. The Bertz CT molecular complexity index is 1080. The van der Waals surface area contributed by atoms with Crippen molar-refractivity contribution < 1.29 is 0 Å². The lowest BCUT2D eigenvalue weighted by atomic mass is 9.91. The summed E-state index contributed by atoms with van der Waals surface area (Å²) in [6.07, 6.45) is 6.38. The van der Waals surface area contributed by atoms with E-state index in [-0.39, 0.29) is 5.54 Å². The van der Waals surface area contributed by atoms with Gasteiger partial charge in [-0.05, 0) is 86.3 Å². The van der Waals surface area contributed by atoms with Gasteiger partial charge in [-0.1, -0.05) is 92.9 Å². The van der Waals surface area contributed by atoms with Crippen LogP contribution in [0.3, 0.4) is 0 Å². The van der Waals surface area contributed by atoms with Crippen molar-refractivity contribution in [2.75, 3.05) is 6.54 Å². The van der Waals surface area contributed by atoms with Crippen molar-refractivity contribution in [2.24, 2.45) is 0 Å². The number of halogens is 1. The monoisotopic (exact) mass is 471 g/mol. The highest BCUT2D eigenvalue weighted by Gasteiger charge is 2.27. The van der Waals surface area contributed by atoms with E-state index in [1.807, 2.05) is 12.1 Å². The number of hydrogen-bond acceptors (Lipinski definition) is 1. The average Bonchev–Trinajstić information content (AvgIpc) is 2.85. The summed E-state index contributed by atoms with van der Waals surface area (Å²) in [5, 5.41) is 0.783. The third-order valence-corrected chi connectivity index (χ3v) is 6.89. The number of nitrogens with zero attached hydrogens (tertiary/aromatic N) is 1. The molecule has 0 heterocycles. The summed E-state index contributed by atoms with van der Waals surface area (Å²) in [7, 11) is 0. The highest BCUT2D eigenvalue weighted by atomic mass is 35.5. The maximum Gasteiger partial charge on any atom is 0.0409 e. The highest BCUT2D eigenvalue weighted by Crippen LogP contribution is 2.30. The number of unbranched alkanes of at least 4 members (excludes halogenated alkanes) is 3. The summed E-state index contributed by atoms with van der Waals surface area (Å²) in [6.45, 7) is 10.8. The van der Waals surface area contributed by atoms with E-state index in [1.165, 1.54) is 42.4 Å². The molecule has 0 aliphatic rings. The molecule has 0 fully saturated rings. The number of hydrogen-bond donors (Lipinski definition) is 0. The Labute approximate surface area is 212 Å². The van der Waals surface area contributed by atoms with Gasteiger partial charge in [0.1, 0.15) is 0 Å². The lowest BCUT2D eigenvalue weighted by Crippen LogP contribution is -2.40. The van der Waals surface area contributed by atoms with Crippen LogP contribution in [-0.4, -0.2) is 11.4 Å². The van der Waals surface area contributed by atoms with Crippen LogP contribution in [-0.2, 0) is 18.5 Å². The van der Waals surface area contributed by atoms with Crippen molar-refractivity contribution in [3.05, 3.63) is 106 Å². The first kappa shape index (κ1) is 26.1. The smallest absolute Gasteiger partial charge is 0.0409 e. The molecule has 0 aromatic heterocycles. The van der Waals surface area contributed by atoms with Crippen molar-refractivity contribution in [1.82, 2.24) is 4.90 Å². The van der Waals surface area contributed by atoms with Gasteiger partial charge in [0.05, 0.1) is 0 Å². The Kier molecular flexibility index (Phi) is 9.82. The minimum absolute atomic E-state index is 0.111. The van der Waals surface area contributed by atoms with Crippen molar-refractivity contribution in [3.8, 4) is 11.8 Å². The fraction of sp³-hybridized carbons (Fsp3) is 0.375. The van der Waals surface area contributed by atoms with Crippen molar-refractivity contribution in [2.45, 2.75) is 71.9 Å². The molecule has 0 unspecified atom stereocenters. The van der Waals surface area contributed by atoms with Crippen LogP contribution in [0.5, 0.6) is 0 Å². The Morgan fingerprint density at radius 1 is 0.765 bits per heavy atom. The summed E-state index contributed by atoms with van der Waals surface area (Å²) in [5.41, 5.74) is 5.94. The average molecular weight is 472 g/mol. The fourth-order valence-electron chi connectivity index (χ4n) is 4.33. The SMILES string of the molecule is CCCCCCc1ccc(C#Cc2ccc(CN(CC)C(C)(C)c3cccc(Cl)c3)cc2)cc1. The van der Waals surface area contributed by atoms with Gasteiger partial charge in [0.15, 0.2) is 0 Å². The zero-order valence-electron chi connectivity index (χ0n) is 21.2. The third-order valence-electron chi connectivity index (χ3n) is 6.65. The lowest BCUT2D eigenvalue weighted by molar-refractivity contribution is 0.118. The molecule has 1 nitrogen and oxygen atoms in total. The maximum absolute atomic E-state index is 6.26. The molecule has 0 saturated heterocycles. The zero-order chi connectivity index (χ0) is 24.4. The topological polar surface area (TPSA) is 3.24 Å². The van der Waals surface area contributed by atoms with E-state index in [0.717, 1.165) is 35.7 Å². The fourth-order valence-corrected chi connectivity index (χ4v) is 4.52. The summed E-state index contributed by atoms with van der Waals surface area (Å²) in [4.78, 5) is 2.48. The van der Waals surface area contributed by atoms with Crippen LogP contribution in [0.25, 0.3) is 0 Å². The van der Waals surface area contributed by atoms with Crippen molar-refractivity contribution in [3.63, 3.8) is 0 Å². The lowest BCUT2D eigenvalue weighted by Gasteiger charge is -2.38. The quantitative estimate of drug-likeness (QED) is 0.211. The molecule has 34 heavy (non-hydrogen) atoms. The standard InChI is InChI=1S/C32H38ClN/c1-5-7-8-9-11-26-14-16-27(17-15-26)18-19-28-20-22-29(23-21-28)25-34(6-2)32(3,4)30-12-10-13-31(33)24-30/h10,12-17,20-24H,5-9,11,25H2,1-4H3. The molecule has 0 atom stereocenters. The van der Waals surface area contributed by atoms with Crippen LogP contribution in [0.4, 0.5) is 0 Å². The summed E-state index contributed by atoms with van der Waals surface area (Å²) < 4.78 is 0. The minimum atomic E-state index is -0.111. The molecule has 0 amide bonds. The van der Waals surface area contributed by atoms with E-state index in [1.54, 1.807) is 0 Å². The van der Waals surface area contributed by atoms with E-state index in [2.05, 4.69) is 105 Å². The summed E-state index contributed by atoms with van der Waals surface area (Å²) in [6, 6.07) is 25.6. The van der Waals surface area contributed by atoms with Gasteiger partial charge in [0.25, 0.3) is 0 Å². The van der Waals surface area contributed by atoms with Gasteiger partial charge in [-0.25, -0.2) is 0 Å². The van der Waals surface area contributed by atoms with E-state index >= 15 is 0 Å². The molecular weight excluding hydrogens is 434 g/mol. The molecule has 2 heteroatoms. The van der Waals surface area contributed by atoms with Gasteiger partial charge in [0, 0.05) is 28.2 Å². The number of aryl methyl sites for hydroxylation is 1. The predicted molar refractivity (Wildman–Crippen MR) is 147 cm³/mol. The Morgan fingerprint density at radius 2 is 1.38 bits per heavy atom. The molecule has 3 aromatic rings. The number of benzene rings is 3.